The third-order valence-corrected chi connectivity index (χ3v) is 4.73. The highest BCUT2D eigenvalue weighted by Gasteiger charge is 2.37. The van der Waals surface area contributed by atoms with E-state index in [1.807, 2.05) is 44.7 Å². The number of carbonyl (C=O) groups is 2. The number of likely N-dealkylation sites (tertiary alicyclic amines) is 1. The number of benzene rings is 1. The van der Waals surface area contributed by atoms with Crippen LogP contribution in [0.1, 0.15) is 61.5 Å². The quantitative estimate of drug-likeness (QED) is 0.890. The van der Waals surface area contributed by atoms with Gasteiger partial charge >= 0.3 is 5.97 Å². The van der Waals surface area contributed by atoms with Gasteiger partial charge in [0.25, 0.3) is 0 Å². The van der Waals surface area contributed by atoms with Crippen molar-refractivity contribution in [2.45, 2.75) is 46.6 Å². The van der Waals surface area contributed by atoms with Crippen LogP contribution in [0.15, 0.2) is 30.3 Å². The lowest BCUT2D eigenvalue weighted by molar-refractivity contribution is -0.140. The Morgan fingerprint density at radius 1 is 1.19 bits per heavy atom. The maximum atomic E-state index is 12.8. The van der Waals surface area contributed by atoms with E-state index in [0.717, 1.165) is 24.1 Å². The largest absolute Gasteiger partial charge is 0.478 e. The van der Waals surface area contributed by atoms with Gasteiger partial charge in [-0.1, -0.05) is 32.9 Å². The molecule has 1 aliphatic rings. The van der Waals surface area contributed by atoms with Crippen LogP contribution in [0, 0.1) is 12.3 Å². The SMILES string of the molecule is Cc1cc(-c2cccc(C(=O)O)c2)nc([C@H]2CCCN2C(=O)C(C)(C)C)n1. The van der Waals surface area contributed by atoms with Gasteiger partial charge in [0, 0.05) is 23.2 Å². The van der Waals surface area contributed by atoms with Crippen molar-refractivity contribution in [3.8, 4) is 11.3 Å². The Morgan fingerprint density at radius 3 is 2.59 bits per heavy atom. The van der Waals surface area contributed by atoms with Gasteiger partial charge in [0.15, 0.2) is 5.82 Å². The number of carbonyl (C=O) groups excluding carboxylic acids is 1. The van der Waals surface area contributed by atoms with Crippen LogP contribution < -0.4 is 0 Å². The topological polar surface area (TPSA) is 83.4 Å². The van der Waals surface area contributed by atoms with E-state index in [1.165, 1.54) is 0 Å². The summed E-state index contributed by atoms with van der Waals surface area (Å²) in [4.78, 5) is 35.3. The van der Waals surface area contributed by atoms with Gasteiger partial charge in [0.05, 0.1) is 17.3 Å². The fourth-order valence-corrected chi connectivity index (χ4v) is 3.41. The van der Waals surface area contributed by atoms with Gasteiger partial charge in [-0.15, -0.1) is 0 Å². The van der Waals surface area contributed by atoms with Crippen LogP contribution in [-0.4, -0.2) is 38.4 Å². The van der Waals surface area contributed by atoms with Crippen molar-refractivity contribution in [1.29, 1.82) is 0 Å². The number of rotatable bonds is 3. The van der Waals surface area contributed by atoms with E-state index >= 15 is 0 Å². The van der Waals surface area contributed by atoms with Crippen LogP contribution in [0.25, 0.3) is 11.3 Å². The molecule has 1 amide bonds. The molecule has 0 saturated carbocycles. The molecular formula is C21H25N3O3. The molecule has 1 N–H and O–H groups in total. The highest BCUT2D eigenvalue weighted by atomic mass is 16.4. The third-order valence-electron chi connectivity index (χ3n) is 4.73. The zero-order valence-electron chi connectivity index (χ0n) is 16.2. The molecule has 1 aliphatic heterocycles. The monoisotopic (exact) mass is 367 g/mol. The Morgan fingerprint density at radius 2 is 1.93 bits per heavy atom. The summed E-state index contributed by atoms with van der Waals surface area (Å²) >= 11 is 0. The number of carboxylic acids is 1. The van der Waals surface area contributed by atoms with Crippen molar-refractivity contribution in [3.05, 3.63) is 47.4 Å². The molecule has 1 atom stereocenters. The Bertz CT molecular complexity index is 886. The lowest BCUT2D eigenvalue weighted by atomic mass is 9.94. The highest BCUT2D eigenvalue weighted by molar-refractivity contribution is 5.89. The molecule has 0 aliphatic carbocycles. The highest BCUT2D eigenvalue weighted by Crippen LogP contribution is 2.34. The minimum Gasteiger partial charge on any atom is -0.478 e. The summed E-state index contributed by atoms with van der Waals surface area (Å²) in [5.41, 5.74) is 1.97. The summed E-state index contributed by atoms with van der Waals surface area (Å²) in [5.74, 6) is -0.244. The number of amides is 1. The number of aromatic carboxylic acids is 1. The van der Waals surface area contributed by atoms with E-state index in [1.54, 1.807) is 18.2 Å². The molecule has 142 valence electrons. The molecule has 6 nitrogen and oxygen atoms in total. The molecule has 1 aromatic carbocycles. The van der Waals surface area contributed by atoms with Gasteiger partial charge < -0.3 is 10.0 Å². The van der Waals surface area contributed by atoms with Crippen molar-refractivity contribution < 1.29 is 14.7 Å². The minimum absolute atomic E-state index is 0.101. The Labute approximate surface area is 159 Å². The first-order chi connectivity index (χ1) is 12.7. The number of aromatic nitrogens is 2. The Hall–Kier alpha value is -2.76. The lowest BCUT2D eigenvalue weighted by Crippen LogP contribution is -2.39. The smallest absolute Gasteiger partial charge is 0.335 e. The molecule has 1 aromatic heterocycles. The number of aryl methyl sites for hydroxylation is 1. The summed E-state index contributed by atoms with van der Waals surface area (Å²) in [7, 11) is 0. The second-order valence-electron chi connectivity index (χ2n) is 8.05. The van der Waals surface area contributed by atoms with E-state index in [9.17, 15) is 14.7 Å². The molecule has 3 rings (SSSR count). The minimum atomic E-state index is -0.972. The van der Waals surface area contributed by atoms with Gasteiger partial charge in [0.2, 0.25) is 5.91 Å². The van der Waals surface area contributed by atoms with Crippen molar-refractivity contribution in [1.82, 2.24) is 14.9 Å². The second kappa shape index (κ2) is 7.10. The van der Waals surface area contributed by atoms with E-state index in [2.05, 4.69) is 4.98 Å². The van der Waals surface area contributed by atoms with Gasteiger partial charge in [-0.25, -0.2) is 14.8 Å². The molecule has 0 unspecified atom stereocenters. The average Bonchev–Trinajstić information content (AvgIpc) is 3.09. The molecular weight excluding hydrogens is 342 g/mol. The number of carboxylic acid groups (broad SMARTS) is 1. The molecule has 2 aromatic rings. The summed E-state index contributed by atoms with van der Waals surface area (Å²) < 4.78 is 0. The summed E-state index contributed by atoms with van der Waals surface area (Å²) in [6, 6.07) is 8.42. The van der Waals surface area contributed by atoms with Gasteiger partial charge in [-0.2, -0.15) is 0 Å². The fourth-order valence-electron chi connectivity index (χ4n) is 3.41. The normalized spacial score (nSPS) is 17.2. The van der Waals surface area contributed by atoms with E-state index in [4.69, 9.17) is 4.98 Å². The molecule has 2 heterocycles. The van der Waals surface area contributed by atoms with Gasteiger partial charge in [0.1, 0.15) is 0 Å². The van der Waals surface area contributed by atoms with Gasteiger partial charge in [-0.05, 0) is 38.0 Å². The average molecular weight is 367 g/mol. The van der Waals surface area contributed by atoms with Crippen LogP contribution in [0.2, 0.25) is 0 Å². The predicted octanol–water partition coefficient (Wildman–Crippen LogP) is 3.86. The standard InChI is InChI=1S/C21H25N3O3/c1-13-11-16(14-7-5-8-15(12-14)19(25)26)23-18(22-13)17-9-6-10-24(17)20(27)21(2,3)4/h5,7-8,11-12,17H,6,9-10H2,1-4H3,(H,25,26)/t17-/m1/s1. The van der Waals surface area contributed by atoms with Crippen molar-refractivity contribution in [3.63, 3.8) is 0 Å². The van der Waals surface area contributed by atoms with Crippen molar-refractivity contribution in [2.24, 2.45) is 5.41 Å². The second-order valence-corrected chi connectivity index (χ2v) is 8.05. The maximum Gasteiger partial charge on any atom is 0.335 e. The molecule has 6 heteroatoms. The third kappa shape index (κ3) is 3.99. The first-order valence-electron chi connectivity index (χ1n) is 9.17. The predicted molar refractivity (Wildman–Crippen MR) is 102 cm³/mol. The van der Waals surface area contributed by atoms with Gasteiger partial charge in [-0.3, -0.25) is 4.79 Å². The molecule has 1 fully saturated rings. The van der Waals surface area contributed by atoms with Crippen LogP contribution in [0.4, 0.5) is 0 Å². The van der Waals surface area contributed by atoms with E-state index in [0.29, 0.717) is 18.1 Å². The van der Waals surface area contributed by atoms with Crippen molar-refractivity contribution >= 4 is 11.9 Å². The first kappa shape index (κ1) is 19.0. The summed E-state index contributed by atoms with van der Waals surface area (Å²) in [6.45, 7) is 8.36. The van der Waals surface area contributed by atoms with Crippen LogP contribution >= 0.6 is 0 Å². The fraction of sp³-hybridized carbons (Fsp3) is 0.429. The molecule has 0 bridgehead atoms. The first-order valence-corrected chi connectivity index (χ1v) is 9.17. The van der Waals surface area contributed by atoms with E-state index in [-0.39, 0.29) is 17.5 Å². The lowest BCUT2D eigenvalue weighted by Gasteiger charge is -2.30. The maximum absolute atomic E-state index is 12.8. The van der Waals surface area contributed by atoms with E-state index < -0.39 is 11.4 Å². The number of hydrogen-bond acceptors (Lipinski definition) is 4. The summed E-state index contributed by atoms with van der Waals surface area (Å²) in [5, 5.41) is 9.23. The number of hydrogen-bond donors (Lipinski definition) is 1. The molecule has 0 spiro atoms. The van der Waals surface area contributed by atoms with Crippen LogP contribution in [0.3, 0.4) is 0 Å². The zero-order chi connectivity index (χ0) is 19.8. The van der Waals surface area contributed by atoms with Crippen LogP contribution in [0.5, 0.6) is 0 Å². The zero-order valence-corrected chi connectivity index (χ0v) is 16.2. The molecule has 27 heavy (non-hydrogen) atoms. The Kier molecular flexibility index (Phi) is 5.00. The molecule has 1 saturated heterocycles. The number of nitrogens with zero attached hydrogens (tertiary/aromatic N) is 3. The molecule has 0 radical (unpaired) electrons. The van der Waals surface area contributed by atoms with Crippen molar-refractivity contribution in [2.75, 3.05) is 6.54 Å². The van der Waals surface area contributed by atoms with Crippen LogP contribution in [-0.2, 0) is 4.79 Å². The summed E-state index contributed by atoms with van der Waals surface area (Å²) in [6.07, 6.45) is 1.76. The Balaban J connectivity index is 2.00.